The SMILES string of the molecule is C[C@H](NC(=O)CN1C(=O)N[C@@]2(CCc3ccccc32)C1=O)c1ccc(-n2ccnc2)cc1. The Labute approximate surface area is 185 Å². The van der Waals surface area contributed by atoms with Crippen molar-refractivity contribution in [2.24, 2.45) is 0 Å². The van der Waals surface area contributed by atoms with E-state index in [2.05, 4.69) is 15.6 Å². The highest BCUT2D eigenvalue weighted by molar-refractivity contribution is 6.09. The Hall–Kier alpha value is -3.94. The number of nitrogens with zero attached hydrogens (tertiary/aromatic N) is 3. The van der Waals surface area contributed by atoms with E-state index in [1.807, 2.05) is 66.2 Å². The summed E-state index contributed by atoms with van der Waals surface area (Å²) in [5.74, 6) is -0.747. The first-order chi connectivity index (χ1) is 15.5. The van der Waals surface area contributed by atoms with Gasteiger partial charge in [0.05, 0.1) is 12.4 Å². The van der Waals surface area contributed by atoms with Gasteiger partial charge >= 0.3 is 6.03 Å². The fourth-order valence-corrected chi connectivity index (χ4v) is 4.59. The largest absolute Gasteiger partial charge is 0.348 e. The van der Waals surface area contributed by atoms with Crippen molar-refractivity contribution in [2.75, 3.05) is 6.54 Å². The van der Waals surface area contributed by atoms with E-state index in [-0.39, 0.29) is 24.4 Å². The molecule has 4 amide bonds. The highest BCUT2D eigenvalue weighted by atomic mass is 16.2. The molecular weight excluding hydrogens is 406 g/mol. The zero-order chi connectivity index (χ0) is 22.3. The molecule has 32 heavy (non-hydrogen) atoms. The molecule has 8 nitrogen and oxygen atoms in total. The second-order valence-electron chi connectivity index (χ2n) is 8.23. The lowest BCUT2D eigenvalue weighted by Gasteiger charge is -2.22. The molecule has 2 atom stereocenters. The number of rotatable bonds is 5. The molecule has 3 aromatic rings. The molecule has 2 heterocycles. The van der Waals surface area contributed by atoms with Crippen molar-refractivity contribution in [3.63, 3.8) is 0 Å². The molecule has 0 radical (unpaired) electrons. The second-order valence-corrected chi connectivity index (χ2v) is 8.23. The number of imide groups is 1. The van der Waals surface area contributed by atoms with Gasteiger partial charge in [0.2, 0.25) is 5.91 Å². The van der Waals surface area contributed by atoms with Crippen LogP contribution in [0.1, 0.15) is 36.1 Å². The third-order valence-corrected chi connectivity index (χ3v) is 6.30. The number of carbonyl (C=O) groups is 3. The molecule has 5 rings (SSSR count). The Bertz CT molecular complexity index is 1190. The van der Waals surface area contributed by atoms with Gasteiger partial charge in [0, 0.05) is 18.1 Å². The summed E-state index contributed by atoms with van der Waals surface area (Å²) in [6.45, 7) is 1.55. The quantitative estimate of drug-likeness (QED) is 0.609. The van der Waals surface area contributed by atoms with Gasteiger partial charge in [0.25, 0.3) is 5.91 Å². The van der Waals surface area contributed by atoms with Crippen molar-refractivity contribution < 1.29 is 14.4 Å². The van der Waals surface area contributed by atoms with Crippen LogP contribution in [0.3, 0.4) is 0 Å². The first-order valence-corrected chi connectivity index (χ1v) is 10.6. The third kappa shape index (κ3) is 3.24. The maximum absolute atomic E-state index is 13.2. The van der Waals surface area contributed by atoms with Crippen LogP contribution < -0.4 is 10.6 Å². The summed E-state index contributed by atoms with van der Waals surface area (Å²) in [4.78, 5) is 43.5. The summed E-state index contributed by atoms with van der Waals surface area (Å²) in [5, 5.41) is 5.73. The van der Waals surface area contributed by atoms with Crippen molar-refractivity contribution in [1.29, 1.82) is 0 Å². The van der Waals surface area contributed by atoms with Gasteiger partial charge in [-0.1, -0.05) is 36.4 Å². The number of amides is 4. The van der Waals surface area contributed by atoms with Crippen molar-refractivity contribution >= 4 is 17.8 Å². The van der Waals surface area contributed by atoms with Gasteiger partial charge in [-0.2, -0.15) is 0 Å². The normalized spacial score (nSPS) is 20.3. The molecule has 2 N–H and O–H groups in total. The number of aryl methyl sites for hydroxylation is 1. The Morgan fingerprint density at radius 1 is 1.19 bits per heavy atom. The maximum Gasteiger partial charge on any atom is 0.325 e. The fraction of sp³-hybridized carbons (Fsp3) is 0.250. The fourth-order valence-electron chi connectivity index (χ4n) is 4.59. The number of imidazole rings is 1. The van der Waals surface area contributed by atoms with Gasteiger partial charge in [-0.3, -0.25) is 14.5 Å². The Kier molecular flexibility index (Phi) is 4.77. The monoisotopic (exact) mass is 429 g/mol. The lowest BCUT2D eigenvalue weighted by molar-refractivity contribution is -0.135. The van der Waals surface area contributed by atoms with E-state index in [9.17, 15) is 14.4 Å². The van der Waals surface area contributed by atoms with E-state index in [0.717, 1.165) is 27.3 Å². The second kappa shape index (κ2) is 7.64. The van der Waals surface area contributed by atoms with Crippen LogP contribution in [0.5, 0.6) is 0 Å². The predicted octanol–water partition coefficient (Wildman–Crippen LogP) is 2.44. The minimum absolute atomic E-state index is 0.277. The zero-order valence-electron chi connectivity index (χ0n) is 17.6. The van der Waals surface area contributed by atoms with Crippen LogP contribution in [-0.2, 0) is 21.5 Å². The van der Waals surface area contributed by atoms with Crippen LogP contribution >= 0.6 is 0 Å². The van der Waals surface area contributed by atoms with Crippen molar-refractivity contribution in [3.8, 4) is 5.69 Å². The molecule has 2 aliphatic rings. The van der Waals surface area contributed by atoms with E-state index in [1.54, 1.807) is 12.5 Å². The van der Waals surface area contributed by atoms with Gasteiger partial charge in [0.1, 0.15) is 12.1 Å². The van der Waals surface area contributed by atoms with Crippen LogP contribution in [-0.4, -0.2) is 38.8 Å². The molecule has 1 saturated heterocycles. The molecule has 0 bridgehead atoms. The molecule has 2 aromatic carbocycles. The molecular formula is C24H23N5O3. The summed E-state index contributed by atoms with van der Waals surface area (Å²) in [6, 6.07) is 14.6. The molecule has 8 heteroatoms. The number of hydrogen-bond donors (Lipinski definition) is 2. The number of urea groups is 1. The minimum Gasteiger partial charge on any atom is -0.348 e. The number of nitrogens with one attached hydrogen (secondary N) is 2. The van der Waals surface area contributed by atoms with E-state index < -0.39 is 11.6 Å². The lowest BCUT2D eigenvalue weighted by Crippen LogP contribution is -2.44. The smallest absolute Gasteiger partial charge is 0.325 e. The molecule has 1 fully saturated rings. The van der Waals surface area contributed by atoms with E-state index in [1.165, 1.54) is 0 Å². The summed E-state index contributed by atoms with van der Waals surface area (Å²) >= 11 is 0. The Morgan fingerprint density at radius 2 is 1.97 bits per heavy atom. The van der Waals surface area contributed by atoms with E-state index >= 15 is 0 Å². The lowest BCUT2D eigenvalue weighted by atomic mass is 9.92. The minimum atomic E-state index is -1.05. The molecule has 1 aliphatic heterocycles. The molecule has 0 unspecified atom stereocenters. The third-order valence-electron chi connectivity index (χ3n) is 6.30. The number of aromatic nitrogens is 2. The summed E-state index contributed by atoms with van der Waals surface area (Å²) < 4.78 is 1.89. The first kappa shape index (κ1) is 20.0. The summed E-state index contributed by atoms with van der Waals surface area (Å²) in [7, 11) is 0. The van der Waals surface area contributed by atoms with E-state index in [4.69, 9.17) is 0 Å². The Morgan fingerprint density at radius 3 is 2.72 bits per heavy atom. The predicted molar refractivity (Wildman–Crippen MR) is 117 cm³/mol. The molecule has 1 aromatic heterocycles. The van der Waals surface area contributed by atoms with Gasteiger partial charge < -0.3 is 15.2 Å². The number of benzene rings is 2. The van der Waals surface area contributed by atoms with Crippen LogP contribution in [0.4, 0.5) is 4.79 Å². The van der Waals surface area contributed by atoms with Crippen LogP contribution in [0.15, 0.2) is 67.3 Å². The summed E-state index contributed by atoms with van der Waals surface area (Å²) in [5.41, 5.74) is 2.71. The molecule has 162 valence electrons. The van der Waals surface area contributed by atoms with Gasteiger partial charge in [-0.25, -0.2) is 9.78 Å². The molecule has 1 spiro atoms. The molecule has 1 aliphatic carbocycles. The molecule has 0 saturated carbocycles. The average molecular weight is 429 g/mol. The van der Waals surface area contributed by atoms with Crippen LogP contribution in [0, 0.1) is 0 Å². The number of hydrogen-bond acceptors (Lipinski definition) is 4. The Balaban J connectivity index is 1.25. The van der Waals surface area contributed by atoms with Crippen LogP contribution in [0.2, 0.25) is 0 Å². The van der Waals surface area contributed by atoms with Gasteiger partial charge in [0.15, 0.2) is 0 Å². The van der Waals surface area contributed by atoms with Crippen molar-refractivity contribution in [1.82, 2.24) is 25.1 Å². The number of fused-ring (bicyclic) bond motifs is 2. The highest BCUT2D eigenvalue weighted by Gasteiger charge is 2.55. The standard InChI is InChI=1S/C24H23N5O3/c1-16(17-6-8-19(9-7-17)28-13-12-25-15-28)26-21(30)14-29-22(31)24(27-23(29)32)11-10-18-4-2-3-5-20(18)24/h2-9,12-13,15-16H,10-11,14H2,1H3,(H,26,30)(H,27,32)/t16-,24+/m0/s1. The van der Waals surface area contributed by atoms with Crippen molar-refractivity contribution in [3.05, 3.63) is 83.9 Å². The van der Waals surface area contributed by atoms with Crippen molar-refractivity contribution in [2.45, 2.75) is 31.3 Å². The summed E-state index contributed by atoms with van der Waals surface area (Å²) in [6.07, 6.45) is 6.51. The zero-order valence-corrected chi connectivity index (χ0v) is 17.6. The topological polar surface area (TPSA) is 96.3 Å². The van der Waals surface area contributed by atoms with Gasteiger partial charge in [-0.05, 0) is 48.6 Å². The van der Waals surface area contributed by atoms with Crippen LogP contribution in [0.25, 0.3) is 5.69 Å². The first-order valence-electron chi connectivity index (χ1n) is 10.6. The van der Waals surface area contributed by atoms with Gasteiger partial charge in [-0.15, -0.1) is 0 Å². The maximum atomic E-state index is 13.2. The highest BCUT2D eigenvalue weighted by Crippen LogP contribution is 2.41. The van der Waals surface area contributed by atoms with E-state index in [0.29, 0.717) is 12.8 Å². The average Bonchev–Trinajstić information content (AvgIpc) is 3.51. The number of carbonyl (C=O) groups excluding carboxylic acids is 3.